The number of nitrogens with zero attached hydrogens (tertiary/aromatic N) is 3. The van der Waals surface area contributed by atoms with Gasteiger partial charge in [-0.1, -0.05) is 36.4 Å². The van der Waals surface area contributed by atoms with E-state index in [2.05, 4.69) is 10.2 Å². The minimum atomic E-state index is -0.0598. The second-order valence-electron chi connectivity index (χ2n) is 5.88. The van der Waals surface area contributed by atoms with Crippen LogP contribution in [0.4, 0.5) is 0 Å². The van der Waals surface area contributed by atoms with Crippen LogP contribution in [0.1, 0.15) is 21.5 Å². The van der Waals surface area contributed by atoms with Crippen LogP contribution in [0.5, 0.6) is 5.75 Å². The Morgan fingerprint density at radius 2 is 1.64 bits per heavy atom. The lowest BCUT2D eigenvalue weighted by molar-refractivity contribution is 0.103. The lowest BCUT2D eigenvalue weighted by Gasteiger charge is -2.03. The van der Waals surface area contributed by atoms with Gasteiger partial charge in [-0.2, -0.15) is 0 Å². The first-order chi connectivity index (χ1) is 12.1. The number of aromatic hydroxyl groups is 1. The molecular formula is C20H15N3O2. The van der Waals surface area contributed by atoms with Crippen molar-refractivity contribution in [1.82, 2.24) is 15.0 Å². The first kappa shape index (κ1) is 15.1. The summed E-state index contributed by atoms with van der Waals surface area (Å²) in [4.78, 5) is 14.0. The average Bonchev–Trinajstić information content (AvgIpc) is 3.06. The van der Waals surface area contributed by atoms with Gasteiger partial charge in [0.15, 0.2) is 5.78 Å². The second-order valence-corrected chi connectivity index (χ2v) is 5.88. The number of carbonyl (C=O) groups excluding carboxylic acids is 1. The van der Waals surface area contributed by atoms with Crippen LogP contribution in [0.15, 0.2) is 66.7 Å². The number of carbonyl (C=O) groups is 1. The maximum Gasteiger partial charge on any atom is 0.193 e. The molecule has 122 valence electrons. The Kier molecular flexibility index (Phi) is 3.54. The van der Waals surface area contributed by atoms with Gasteiger partial charge in [0.25, 0.3) is 0 Å². The van der Waals surface area contributed by atoms with Crippen molar-refractivity contribution in [1.29, 1.82) is 0 Å². The fraction of sp³-hybridized carbons (Fsp3) is 0.0500. The summed E-state index contributed by atoms with van der Waals surface area (Å²) in [7, 11) is 0. The number of benzene rings is 3. The van der Waals surface area contributed by atoms with Crippen LogP contribution in [0, 0.1) is 6.92 Å². The van der Waals surface area contributed by atoms with Crippen molar-refractivity contribution in [2.75, 3.05) is 0 Å². The number of phenolic OH excluding ortho intramolecular Hbond substituents is 1. The summed E-state index contributed by atoms with van der Waals surface area (Å²) in [6.45, 7) is 1.93. The minimum Gasteiger partial charge on any atom is -0.506 e. The Morgan fingerprint density at radius 1 is 0.880 bits per heavy atom. The third kappa shape index (κ3) is 2.76. The number of aromatic nitrogens is 3. The number of fused-ring (bicyclic) bond motifs is 1. The lowest BCUT2D eigenvalue weighted by atomic mass is 10.0. The molecule has 0 aliphatic rings. The molecule has 5 nitrogen and oxygen atoms in total. The zero-order valence-corrected chi connectivity index (χ0v) is 13.5. The van der Waals surface area contributed by atoms with E-state index < -0.39 is 0 Å². The number of aryl methyl sites for hydroxylation is 1. The van der Waals surface area contributed by atoms with Crippen molar-refractivity contribution < 1.29 is 9.90 Å². The van der Waals surface area contributed by atoms with Crippen LogP contribution in [-0.2, 0) is 0 Å². The summed E-state index contributed by atoms with van der Waals surface area (Å²) in [5.74, 6) is 0.0435. The molecule has 0 bridgehead atoms. The summed E-state index contributed by atoms with van der Waals surface area (Å²) in [6.07, 6.45) is 0. The van der Waals surface area contributed by atoms with Crippen molar-refractivity contribution >= 4 is 16.8 Å². The van der Waals surface area contributed by atoms with E-state index in [4.69, 9.17) is 0 Å². The predicted octanol–water partition coefficient (Wildman–Crippen LogP) is 3.67. The summed E-state index contributed by atoms with van der Waals surface area (Å²) < 4.78 is 0. The number of hydrogen-bond acceptors (Lipinski definition) is 4. The summed E-state index contributed by atoms with van der Waals surface area (Å²) in [5, 5.41) is 18.9. The average molecular weight is 329 g/mol. The lowest BCUT2D eigenvalue weighted by Crippen LogP contribution is -2.00. The van der Waals surface area contributed by atoms with Gasteiger partial charge in [-0.05, 0) is 42.8 Å². The molecule has 0 saturated heterocycles. The highest BCUT2D eigenvalue weighted by Gasteiger charge is 2.13. The molecule has 0 atom stereocenters. The van der Waals surface area contributed by atoms with E-state index >= 15 is 0 Å². The van der Waals surface area contributed by atoms with Gasteiger partial charge in [-0.25, -0.2) is 0 Å². The number of phenols is 1. The first-order valence-electron chi connectivity index (χ1n) is 7.89. The molecule has 25 heavy (non-hydrogen) atoms. The van der Waals surface area contributed by atoms with Crippen molar-refractivity contribution in [3.63, 3.8) is 0 Å². The maximum absolute atomic E-state index is 12.6. The Balaban J connectivity index is 1.77. The zero-order chi connectivity index (χ0) is 17.4. The fourth-order valence-electron chi connectivity index (χ4n) is 2.71. The Morgan fingerprint density at radius 3 is 2.44 bits per heavy atom. The summed E-state index contributed by atoms with van der Waals surface area (Å²) >= 11 is 0. The second kappa shape index (κ2) is 5.87. The Labute approximate surface area is 144 Å². The highest BCUT2D eigenvalue weighted by Crippen LogP contribution is 2.23. The van der Waals surface area contributed by atoms with Crippen LogP contribution in [0.3, 0.4) is 0 Å². The molecule has 0 spiro atoms. The van der Waals surface area contributed by atoms with E-state index in [9.17, 15) is 9.90 Å². The van der Waals surface area contributed by atoms with Crippen LogP contribution in [-0.4, -0.2) is 25.9 Å². The van der Waals surface area contributed by atoms with E-state index in [1.807, 2.05) is 37.3 Å². The summed E-state index contributed by atoms with van der Waals surface area (Å²) in [6, 6.07) is 19.6. The van der Waals surface area contributed by atoms with Gasteiger partial charge in [0, 0.05) is 11.1 Å². The van der Waals surface area contributed by atoms with E-state index in [-0.39, 0.29) is 11.5 Å². The maximum atomic E-state index is 12.6. The van der Waals surface area contributed by atoms with E-state index in [1.54, 1.807) is 36.4 Å². The molecule has 1 N–H and O–H groups in total. The fourth-order valence-corrected chi connectivity index (χ4v) is 2.71. The molecule has 3 aromatic carbocycles. The van der Waals surface area contributed by atoms with Gasteiger partial charge < -0.3 is 5.11 Å². The molecule has 1 aromatic heterocycles. The number of rotatable bonds is 3. The largest absolute Gasteiger partial charge is 0.506 e. The Bertz CT molecular complexity index is 1080. The quantitative estimate of drug-likeness (QED) is 0.582. The smallest absolute Gasteiger partial charge is 0.193 e. The molecule has 0 aliphatic carbocycles. The third-order valence-corrected chi connectivity index (χ3v) is 4.02. The van der Waals surface area contributed by atoms with Crippen molar-refractivity contribution in [3.05, 3.63) is 83.4 Å². The number of ketones is 1. The molecule has 1 heterocycles. The van der Waals surface area contributed by atoms with Gasteiger partial charge in [0.05, 0.1) is 0 Å². The van der Waals surface area contributed by atoms with Crippen LogP contribution < -0.4 is 0 Å². The van der Waals surface area contributed by atoms with Crippen molar-refractivity contribution in [2.24, 2.45) is 0 Å². The molecule has 5 heteroatoms. The molecule has 0 fully saturated rings. The van der Waals surface area contributed by atoms with E-state index in [0.29, 0.717) is 27.8 Å². The molecule has 0 radical (unpaired) electrons. The normalized spacial score (nSPS) is 10.9. The van der Waals surface area contributed by atoms with Crippen LogP contribution in [0.25, 0.3) is 16.7 Å². The van der Waals surface area contributed by atoms with Gasteiger partial charge in [0.2, 0.25) is 0 Å². The molecule has 0 aliphatic heterocycles. The van der Waals surface area contributed by atoms with E-state index in [1.165, 1.54) is 4.80 Å². The van der Waals surface area contributed by atoms with Gasteiger partial charge in [-0.15, -0.1) is 15.0 Å². The zero-order valence-electron chi connectivity index (χ0n) is 13.5. The predicted molar refractivity (Wildman–Crippen MR) is 95.1 cm³/mol. The van der Waals surface area contributed by atoms with Gasteiger partial charge >= 0.3 is 0 Å². The van der Waals surface area contributed by atoms with Crippen molar-refractivity contribution in [2.45, 2.75) is 6.92 Å². The Hall–Kier alpha value is -3.47. The monoisotopic (exact) mass is 329 g/mol. The molecule has 0 unspecified atom stereocenters. The van der Waals surface area contributed by atoms with Crippen molar-refractivity contribution in [3.8, 4) is 11.4 Å². The van der Waals surface area contributed by atoms with Gasteiger partial charge in [0.1, 0.15) is 22.5 Å². The molecule has 4 rings (SSSR count). The molecular weight excluding hydrogens is 314 g/mol. The number of hydrogen-bond donors (Lipinski definition) is 1. The molecule has 4 aromatic rings. The molecule has 0 saturated carbocycles. The highest BCUT2D eigenvalue weighted by atomic mass is 16.3. The van der Waals surface area contributed by atoms with Crippen LogP contribution >= 0.6 is 0 Å². The molecule has 0 amide bonds. The van der Waals surface area contributed by atoms with Gasteiger partial charge in [-0.3, -0.25) is 4.79 Å². The standard InChI is InChI=1S/C20H15N3O2/c1-13-7-10-19(24)18(11-13)23-21-16-9-8-15(12-17(16)22-23)20(25)14-5-3-2-4-6-14/h2-12,24H,1H3. The topological polar surface area (TPSA) is 68.0 Å². The SMILES string of the molecule is Cc1ccc(O)c(-n2nc3ccc(C(=O)c4ccccc4)cc3n2)c1. The minimum absolute atomic E-state index is 0.0598. The summed E-state index contributed by atoms with van der Waals surface area (Å²) in [5.41, 5.74) is 3.94. The highest BCUT2D eigenvalue weighted by molar-refractivity contribution is 6.10. The third-order valence-electron chi connectivity index (χ3n) is 4.02. The first-order valence-corrected chi connectivity index (χ1v) is 7.89. The van der Waals surface area contributed by atoms with Crippen LogP contribution in [0.2, 0.25) is 0 Å². The van der Waals surface area contributed by atoms with E-state index in [0.717, 1.165) is 5.56 Å².